The number of aliphatic hydroxyl groups is 1. The van der Waals surface area contributed by atoms with Crippen molar-refractivity contribution in [3.05, 3.63) is 95.5 Å². The molecule has 3 saturated heterocycles. The molecule has 218 valence electrons. The molecule has 3 aliphatic heterocycles. The summed E-state index contributed by atoms with van der Waals surface area (Å²) in [6.45, 7) is 1.60. The van der Waals surface area contributed by atoms with Crippen LogP contribution in [0.2, 0.25) is 5.02 Å². The lowest BCUT2D eigenvalue weighted by Crippen LogP contribution is -2.57. The number of nitrogens with zero attached hydrogens (tertiary/aromatic N) is 1. The van der Waals surface area contributed by atoms with Gasteiger partial charge >= 0.3 is 0 Å². The Morgan fingerprint density at radius 1 is 0.952 bits per heavy atom. The smallest absolute Gasteiger partial charge is 0.250 e. The summed E-state index contributed by atoms with van der Waals surface area (Å²) in [5, 5.41) is 17.1. The molecule has 3 aromatic carbocycles. The Morgan fingerprint density at radius 2 is 1.57 bits per heavy atom. The molecule has 0 aromatic heterocycles. The van der Waals surface area contributed by atoms with E-state index in [-0.39, 0.29) is 18.4 Å². The topological polar surface area (TPSA) is 108 Å². The summed E-state index contributed by atoms with van der Waals surface area (Å²) in [6, 6.07) is 23.7. The molecular weight excluding hydrogens is 554 g/mol. The molecule has 2 unspecified atom stereocenters. The minimum Gasteiger partial charge on any atom is -0.394 e. The van der Waals surface area contributed by atoms with E-state index in [4.69, 9.17) is 16.3 Å². The zero-order chi connectivity index (χ0) is 29.5. The van der Waals surface area contributed by atoms with E-state index >= 15 is 0 Å². The van der Waals surface area contributed by atoms with Crippen molar-refractivity contribution in [2.24, 2.45) is 11.8 Å². The number of hydrogen-bond acceptors (Lipinski definition) is 5. The first-order valence-corrected chi connectivity index (χ1v) is 14.8. The number of amides is 3. The summed E-state index contributed by atoms with van der Waals surface area (Å²) < 4.78 is 6.84. The first-order chi connectivity index (χ1) is 20.3. The van der Waals surface area contributed by atoms with Gasteiger partial charge in [0.1, 0.15) is 11.6 Å². The highest BCUT2D eigenvalue weighted by atomic mass is 35.5. The van der Waals surface area contributed by atoms with Gasteiger partial charge < -0.3 is 25.4 Å². The number of nitrogens with one attached hydrogen (secondary N) is 2. The summed E-state index contributed by atoms with van der Waals surface area (Å²) >= 11 is 6.06. The number of halogens is 1. The van der Waals surface area contributed by atoms with Crippen molar-refractivity contribution in [2.45, 2.75) is 55.9 Å². The van der Waals surface area contributed by atoms with Crippen LogP contribution in [0.25, 0.3) is 0 Å². The first kappa shape index (κ1) is 28.4. The number of likely N-dealkylation sites (tertiary alicyclic amines) is 1. The molecule has 3 fully saturated rings. The monoisotopic (exact) mass is 587 g/mol. The minimum absolute atomic E-state index is 0.301. The largest absolute Gasteiger partial charge is 0.394 e. The van der Waals surface area contributed by atoms with E-state index in [0.29, 0.717) is 42.1 Å². The third-order valence-corrected chi connectivity index (χ3v) is 9.47. The number of aliphatic hydroxyl groups excluding tert-OH is 1. The fourth-order valence-corrected chi connectivity index (χ4v) is 7.50. The van der Waals surface area contributed by atoms with Crippen molar-refractivity contribution < 1.29 is 24.2 Å². The van der Waals surface area contributed by atoms with Crippen LogP contribution in [0.1, 0.15) is 31.7 Å². The molecule has 9 heteroatoms. The van der Waals surface area contributed by atoms with Crippen LogP contribution in [0.3, 0.4) is 0 Å². The molecule has 6 atom stereocenters. The number of fused-ring (bicyclic) bond motifs is 1. The lowest BCUT2D eigenvalue weighted by molar-refractivity contribution is -0.148. The molecule has 3 amide bonds. The average Bonchev–Trinajstić information content (AvgIpc) is 3.61. The molecular formula is C33H34ClN3O5. The number of rotatable bonds is 9. The van der Waals surface area contributed by atoms with Crippen LogP contribution in [0.4, 0.5) is 11.4 Å². The molecule has 0 radical (unpaired) electrons. The maximum atomic E-state index is 14.6. The molecule has 0 saturated carbocycles. The molecule has 42 heavy (non-hydrogen) atoms. The summed E-state index contributed by atoms with van der Waals surface area (Å²) in [5.41, 5.74) is -0.0204. The van der Waals surface area contributed by atoms with Gasteiger partial charge in [0, 0.05) is 16.4 Å². The first-order valence-electron chi connectivity index (χ1n) is 14.4. The number of ether oxygens (including phenoxy) is 1. The molecule has 3 aromatic rings. The third-order valence-electron chi connectivity index (χ3n) is 9.22. The van der Waals surface area contributed by atoms with E-state index in [1.54, 1.807) is 36.4 Å². The van der Waals surface area contributed by atoms with Crippen molar-refractivity contribution in [2.75, 3.05) is 17.2 Å². The lowest BCUT2D eigenvalue weighted by atomic mass is 9.65. The summed E-state index contributed by atoms with van der Waals surface area (Å²) in [7, 11) is 0. The van der Waals surface area contributed by atoms with Gasteiger partial charge in [0.2, 0.25) is 17.7 Å². The van der Waals surface area contributed by atoms with E-state index < -0.39 is 41.0 Å². The Bertz CT molecular complexity index is 1470. The lowest BCUT2D eigenvalue weighted by Gasteiger charge is -2.37. The van der Waals surface area contributed by atoms with Crippen molar-refractivity contribution >= 4 is 40.7 Å². The van der Waals surface area contributed by atoms with Crippen LogP contribution in [-0.4, -0.2) is 57.6 Å². The second-order valence-electron chi connectivity index (χ2n) is 11.5. The summed E-state index contributed by atoms with van der Waals surface area (Å²) in [4.78, 5) is 44.2. The molecule has 2 bridgehead atoms. The Balaban J connectivity index is 1.41. The van der Waals surface area contributed by atoms with Gasteiger partial charge in [0.15, 0.2) is 0 Å². The maximum Gasteiger partial charge on any atom is 0.250 e. The SMILES string of the molecule is CC[C@]12CCC3(O1)C(C(=O)Nc1ccc(Cl)cc1)N([C@@H](CO)Cc1ccccc1)C(=O)[C@@H]3[C@H]2C(=O)Nc1ccccc1. The number of benzene rings is 3. The van der Waals surface area contributed by atoms with Crippen molar-refractivity contribution in [3.8, 4) is 0 Å². The molecule has 8 nitrogen and oxygen atoms in total. The predicted octanol–water partition coefficient (Wildman–Crippen LogP) is 4.68. The summed E-state index contributed by atoms with van der Waals surface area (Å²) in [5.74, 6) is -2.73. The van der Waals surface area contributed by atoms with E-state index in [2.05, 4.69) is 10.6 Å². The zero-order valence-electron chi connectivity index (χ0n) is 23.3. The van der Waals surface area contributed by atoms with Gasteiger partial charge in [0.25, 0.3) is 0 Å². The van der Waals surface area contributed by atoms with Crippen LogP contribution in [0.15, 0.2) is 84.9 Å². The number of hydrogen-bond donors (Lipinski definition) is 3. The molecule has 3 N–H and O–H groups in total. The molecule has 3 heterocycles. The van der Waals surface area contributed by atoms with Gasteiger partial charge in [-0.3, -0.25) is 14.4 Å². The number of carbonyl (C=O) groups excluding carboxylic acids is 3. The third kappa shape index (κ3) is 4.68. The van der Waals surface area contributed by atoms with Gasteiger partial charge in [-0.05, 0) is 67.6 Å². The predicted molar refractivity (Wildman–Crippen MR) is 160 cm³/mol. The molecule has 3 aliphatic rings. The Kier molecular flexibility index (Phi) is 7.55. The van der Waals surface area contributed by atoms with Crippen LogP contribution >= 0.6 is 11.6 Å². The van der Waals surface area contributed by atoms with E-state index in [0.717, 1.165) is 5.56 Å². The van der Waals surface area contributed by atoms with Crippen LogP contribution in [0.5, 0.6) is 0 Å². The van der Waals surface area contributed by atoms with Crippen molar-refractivity contribution in [3.63, 3.8) is 0 Å². The summed E-state index contributed by atoms with van der Waals surface area (Å²) in [6.07, 6.45) is 1.85. The highest BCUT2D eigenvalue weighted by Crippen LogP contribution is 2.64. The number of anilines is 2. The number of para-hydroxylation sites is 1. The second-order valence-corrected chi connectivity index (χ2v) is 11.9. The fourth-order valence-electron chi connectivity index (χ4n) is 7.37. The normalized spacial score (nSPS) is 28.4. The van der Waals surface area contributed by atoms with E-state index in [1.165, 1.54) is 4.90 Å². The van der Waals surface area contributed by atoms with Gasteiger partial charge in [-0.1, -0.05) is 67.1 Å². The maximum absolute atomic E-state index is 14.6. The fraction of sp³-hybridized carbons (Fsp3) is 0.364. The van der Waals surface area contributed by atoms with E-state index in [9.17, 15) is 19.5 Å². The van der Waals surface area contributed by atoms with Crippen LogP contribution in [0, 0.1) is 11.8 Å². The van der Waals surface area contributed by atoms with Gasteiger partial charge in [-0.15, -0.1) is 0 Å². The van der Waals surface area contributed by atoms with E-state index in [1.807, 2.05) is 55.5 Å². The quantitative estimate of drug-likeness (QED) is 0.337. The Hall–Kier alpha value is -3.72. The van der Waals surface area contributed by atoms with Gasteiger partial charge in [-0.25, -0.2) is 0 Å². The van der Waals surface area contributed by atoms with Crippen LogP contribution < -0.4 is 10.6 Å². The average molecular weight is 588 g/mol. The van der Waals surface area contributed by atoms with Crippen molar-refractivity contribution in [1.29, 1.82) is 0 Å². The highest BCUT2D eigenvalue weighted by molar-refractivity contribution is 6.30. The van der Waals surface area contributed by atoms with Crippen molar-refractivity contribution in [1.82, 2.24) is 4.90 Å². The molecule has 6 rings (SSSR count). The standard InChI is InChI=1S/C33H34ClN3O5/c1-2-32-17-18-33(42-32)27(26(32)29(39)35-23-11-7-4-8-12-23)31(41)37(25(20-38)19-21-9-5-3-6-10-21)28(33)30(40)36-24-15-13-22(34)14-16-24/h3-16,25-28,38H,2,17-20H2,1H3,(H,35,39)(H,36,40)/t25-,26+,27+,28?,32-,33?/m1/s1. The van der Waals surface area contributed by atoms with Gasteiger partial charge in [0.05, 0.1) is 30.1 Å². The highest BCUT2D eigenvalue weighted by Gasteiger charge is 2.79. The molecule has 1 spiro atoms. The van der Waals surface area contributed by atoms with Gasteiger partial charge in [-0.2, -0.15) is 0 Å². The Morgan fingerprint density at radius 3 is 2.21 bits per heavy atom. The zero-order valence-corrected chi connectivity index (χ0v) is 24.1. The minimum atomic E-state index is -1.22. The van der Waals surface area contributed by atoms with Crippen LogP contribution in [-0.2, 0) is 25.5 Å². The number of carbonyl (C=O) groups is 3. The second kappa shape index (κ2) is 11.2. The Labute approximate surface area is 250 Å². The molecule has 0 aliphatic carbocycles.